The third-order valence-corrected chi connectivity index (χ3v) is 4.46. The number of hydrogen-bond acceptors (Lipinski definition) is 2. The molecule has 0 spiro atoms. The van der Waals surface area contributed by atoms with Crippen LogP contribution in [-0.2, 0) is 11.2 Å². The molecule has 0 radical (unpaired) electrons. The minimum atomic E-state index is -0.913. The third-order valence-electron chi connectivity index (χ3n) is 4.46. The minimum absolute atomic E-state index is 0.193. The molecule has 0 aromatic heterocycles. The van der Waals surface area contributed by atoms with E-state index in [9.17, 15) is 9.59 Å². The average Bonchev–Trinajstić information content (AvgIpc) is 3.06. The van der Waals surface area contributed by atoms with Crippen LogP contribution in [0, 0.1) is 5.92 Å². The molecular weight excluding hydrogens is 254 g/mol. The van der Waals surface area contributed by atoms with E-state index < -0.39 is 5.97 Å². The van der Waals surface area contributed by atoms with Crippen LogP contribution in [-0.4, -0.2) is 23.5 Å². The number of nitrogens with zero attached hydrogens (tertiary/aromatic N) is 1. The lowest BCUT2D eigenvalue weighted by molar-refractivity contribution is -0.119. The Labute approximate surface area is 118 Å². The maximum Gasteiger partial charge on any atom is 0.335 e. The maximum absolute atomic E-state index is 12.4. The van der Waals surface area contributed by atoms with Gasteiger partial charge in [-0.2, -0.15) is 0 Å². The van der Waals surface area contributed by atoms with Gasteiger partial charge >= 0.3 is 5.97 Å². The topological polar surface area (TPSA) is 57.6 Å². The van der Waals surface area contributed by atoms with Crippen LogP contribution in [0.4, 0.5) is 5.69 Å². The van der Waals surface area contributed by atoms with Gasteiger partial charge in [-0.05, 0) is 48.9 Å². The number of aromatic carboxylic acids is 1. The molecule has 1 aliphatic carbocycles. The predicted molar refractivity (Wildman–Crippen MR) is 76.0 cm³/mol. The Morgan fingerprint density at radius 1 is 1.25 bits per heavy atom. The van der Waals surface area contributed by atoms with Gasteiger partial charge in [-0.25, -0.2) is 4.79 Å². The Morgan fingerprint density at radius 2 is 2.00 bits per heavy atom. The first-order valence-corrected chi connectivity index (χ1v) is 7.32. The third kappa shape index (κ3) is 2.42. The van der Waals surface area contributed by atoms with Crippen molar-refractivity contribution in [1.29, 1.82) is 0 Å². The van der Waals surface area contributed by atoms with E-state index in [2.05, 4.69) is 0 Å². The summed E-state index contributed by atoms with van der Waals surface area (Å²) in [7, 11) is 0. The highest BCUT2D eigenvalue weighted by Gasteiger charge is 2.28. The number of hydrogen-bond donors (Lipinski definition) is 1. The Kier molecular flexibility index (Phi) is 3.47. The fraction of sp³-hybridized carbons (Fsp3) is 0.500. The molecule has 2 aliphatic rings. The lowest BCUT2D eigenvalue weighted by Gasteiger charge is -2.19. The van der Waals surface area contributed by atoms with E-state index in [0.717, 1.165) is 17.7 Å². The molecule has 1 aliphatic heterocycles. The molecule has 3 rings (SSSR count). The van der Waals surface area contributed by atoms with Crippen LogP contribution in [0.3, 0.4) is 0 Å². The van der Waals surface area contributed by atoms with Gasteiger partial charge in [0.2, 0.25) is 5.91 Å². The molecule has 4 nitrogen and oxygen atoms in total. The normalized spacial score (nSPS) is 18.3. The summed E-state index contributed by atoms with van der Waals surface area (Å²) in [4.78, 5) is 25.2. The number of carbonyl (C=O) groups is 2. The molecule has 0 bridgehead atoms. The van der Waals surface area contributed by atoms with Crippen molar-refractivity contribution in [2.45, 2.75) is 38.5 Å². The van der Waals surface area contributed by atoms with Crippen molar-refractivity contribution in [2.24, 2.45) is 5.92 Å². The van der Waals surface area contributed by atoms with Crippen LogP contribution < -0.4 is 4.90 Å². The fourth-order valence-corrected chi connectivity index (χ4v) is 3.37. The molecular formula is C16H19NO3. The zero-order valence-electron chi connectivity index (χ0n) is 11.5. The van der Waals surface area contributed by atoms with Crippen molar-refractivity contribution in [3.8, 4) is 0 Å². The van der Waals surface area contributed by atoms with E-state index in [1.165, 1.54) is 25.7 Å². The van der Waals surface area contributed by atoms with Crippen molar-refractivity contribution in [3.63, 3.8) is 0 Å². The Hall–Kier alpha value is -1.84. The van der Waals surface area contributed by atoms with Gasteiger partial charge in [0.05, 0.1) is 5.56 Å². The van der Waals surface area contributed by atoms with E-state index in [4.69, 9.17) is 5.11 Å². The summed E-state index contributed by atoms with van der Waals surface area (Å²) < 4.78 is 0. The summed E-state index contributed by atoms with van der Waals surface area (Å²) in [6, 6.07) is 5.06. The van der Waals surface area contributed by atoms with Gasteiger partial charge < -0.3 is 10.0 Å². The summed E-state index contributed by atoms with van der Waals surface area (Å²) in [5.74, 6) is -0.174. The van der Waals surface area contributed by atoms with Crippen molar-refractivity contribution in [1.82, 2.24) is 0 Å². The standard InChI is InChI=1S/C16H19NO3/c18-15(9-11-3-1-2-4-11)17-8-7-12-10-13(16(19)20)5-6-14(12)17/h5-6,10-11H,1-4,7-9H2,(H,19,20). The van der Waals surface area contributed by atoms with E-state index in [0.29, 0.717) is 24.4 Å². The first-order chi connectivity index (χ1) is 9.65. The van der Waals surface area contributed by atoms with Crippen LogP contribution in [0.25, 0.3) is 0 Å². The molecule has 1 saturated carbocycles. The minimum Gasteiger partial charge on any atom is -0.478 e. The number of rotatable bonds is 3. The molecule has 0 saturated heterocycles. The van der Waals surface area contributed by atoms with Gasteiger partial charge in [0.25, 0.3) is 0 Å². The SMILES string of the molecule is O=C(O)c1ccc2c(c1)CCN2C(=O)CC1CCCC1. The fourth-order valence-electron chi connectivity index (χ4n) is 3.37. The van der Waals surface area contributed by atoms with Gasteiger partial charge in [-0.3, -0.25) is 4.79 Å². The summed E-state index contributed by atoms with van der Waals surface area (Å²) in [5, 5.41) is 9.00. The van der Waals surface area contributed by atoms with Crippen LogP contribution in [0.15, 0.2) is 18.2 Å². The number of benzene rings is 1. The Balaban J connectivity index is 1.75. The van der Waals surface area contributed by atoms with Gasteiger partial charge in [0.15, 0.2) is 0 Å². The lowest BCUT2D eigenvalue weighted by Crippen LogP contribution is -2.30. The number of amides is 1. The molecule has 1 aromatic rings. The Bertz CT molecular complexity index is 547. The van der Waals surface area contributed by atoms with Crippen molar-refractivity contribution < 1.29 is 14.7 Å². The summed E-state index contributed by atoms with van der Waals surface area (Å²) in [6.45, 7) is 0.684. The first kappa shape index (κ1) is 13.2. The number of carbonyl (C=O) groups excluding carboxylic acids is 1. The van der Waals surface area contributed by atoms with Crippen LogP contribution in [0.1, 0.15) is 48.0 Å². The molecule has 106 valence electrons. The van der Waals surface area contributed by atoms with E-state index in [1.54, 1.807) is 18.2 Å². The second kappa shape index (κ2) is 5.27. The van der Waals surface area contributed by atoms with Gasteiger partial charge in [0.1, 0.15) is 0 Å². The lowest BCUT2D eigenvalue weighted by atomic mass is 10.0. The van der Waals surface area contributed by atoms with Crippen LogP contribution in [0.2, 0.25) is 0 Å². The Morgan fingerprint density at radius 3 is 2.70 bits per heavy atom. The molecule has 4 heteroatoms. The summed E-state index contributed by atoms with van der Waals surface area (Å²) in [5.41, 5.74) is 2.18. The van der Waals surface area contributed by atoms with E-state index >= 15 is 0 Å². The van der Waals surface area contributed by atoms with E-state index in [-0.39, 0.29) is 5.91 Å². The number of anilines is 1. The van der Waals surface area contributed by atoms with Crippen molar-refractivity contribution in [2.75, 3.05) is 11.4 Å². The largest absolute Gasteiger partial charge is 0.478 e. The summed E-state index contributed by atoms with van der Waals surface area (Å²) in [6.07, 6.45) is 6.23. The van der Waals surface area contributed by atoms with Crippen LogP contribution >= 0.6 is 0 Å². The van der Waals surface area contributed by atoms with Crippen molar-refractivity contribution >= 4 is 17.6 Å². The average molecular weight is 273 g/mol. The highest BCUT2D eigenvalue weighted by molar-refractivity contribution is 5.97. The quantitative estimate of drug-likeness (QED) is 0.921. The van der Waals surface area contributed by atoms with Gasteiger partial charge in [-0.15, -0.1) is 0 Å². The zero-order chi connectivity index (χ0) is 14.1. The molecule has 20 heavy (non-hydrogen) atoms. The predicted octanol–water partition coefficient (Wildman–Crippen LogP) is 2.85. The highest BCUT2D eigenvalue weighted by atomic mass is 16.4. The second-order valence-electron chi connectivity index (χ2n) is 5.80. The molecule has 1 heterocycles. The van der Waals surface area contributed by atoms with Crippen molar-refractivity contribution in [3.05, 3.63) is 29.3 Å². The van der Waals surface area contributed by atoms with E-state index in [1.807, 2.05) is 4.90 Å². The summed E-state index contributed by atoms with van der Waals surface area (Å²) >= 11 is 0. The zero-order valence-corrected chi connectivity index (χ0v) is 11.5. The first-order valence-electron chi connectivity index (χ1n) is 7.32. The number of carboxylic acid groups (broad SMARTS) is 1. The molecule has 1 fully saturated rings. The second-order valence-corrected chi connectivity index (χ2v) is 5.80. The number of fused-ring (bicyclic) bond motifs is 1. The highest BCUT2D eigenvalue weighted by Crippen LogP contribution is 2.32. The molecule has 1 amide bonds. The maximum atomic E-state index is 12.4. The molecule has 0 unspecified atom stereocenters. The monoisotopic (exact) mass is 273 g/mol. The molecule has 1 aromatic carbocycles. The van der Waals surface area contributed by atoms with Gasteiger partial charge in [-0.1, -0.05) is 12.8 Å². The van der Waals surface area contributed by atoms with Crippen LogP contribution in [0.5, 0.6) is 0 Å². The molecule has 1 N–H and O–H groups in total. The van der Waals surface area contributed by atoms with Gasteiger partial charge in [0, 0.05) is 18.7 Å². The smallest absolute Gasteiger partial charge is 0.335 e. The molecule has 0 atom stereocenters. The number of carboxylic acids is 1.